The first-order valence-electron chi connectivity index (χ1n) is 10.8. The molecule has 1 aromatic heterocycles. The van der Waals surface area contributed by atoms with Gasteiger partial charge in [-0.25, -0.2) is 0 Å². The topological polar surface area (TPSA) is 70.4 Å². The van der Waals surface area contributed by atoms with Gasteiger partial charge in [-0.05, 0) is 11.1 Å². The van der Waals surface area contributed by atoms with Gasteiger partial charge in [0.15, 0.2) is 5.15 Å². The lowest BCUT2D eigenvalue weighted by Crippen LogP contribution is -2.29. The van der Waals surface area contributed by atoms with E-state index in [4.69, 9.17) is 21.1 Å². The van der Waals surface area contributed by atoms with Gasteiger partial charge in [-0.15, -0.1) is 0 Å². The Morgan fingerprint density at radius 3 is 2.09 bits per heavy atom. The van der Waals surface area contributed by atoms with Crippen molar-refractivity contribution < 1.29 is 14.3 Å². The minimum atomic E-state index is -0.569. The smallest absolute Gasteiger partial charge is 0.326 e. The van der Waals surface area contributed by atoms with Crippen molar-refractivity contribution in [1.29, 1.82) is 0 Å². The SMILES string of the molecule is O=C(Cn1c(-c2ccccc2)c(Cl)nc(OCCc2ccccc2)c1=O)OCc1ccccc1. The van der Waals surface area contributed by atoms with Gasteiger partial charge in [-0.3, -0.25) is 14.2 Å². The van der Waals surface area contributed by atoms with Crippen molar-refractivity contribution in [3.05, 3.63) is 118 Å². The van der Waals surface area contributed by atoms with Crippen LogP contribution < -0.4 is 10.3 Å². The Balaban J connectivity index is 1.58. The summed E-state index contributed by atoms with van der Waals surface area (Å²) in [5.41, 5.74) is 2.36. The van der Waals surface area contributed by atoms with Crippen LogP contribution in [0.3, 0.4) is 0 Å². The molecule has 7 heteroatoms. The van der Waals surface area contributed by atoms with E-state index in [2.05, 4.69) is 4.98 Å². The third-order valence-corrected chi connectivity index (χ3v) is 5.41. The highest BCUT2D eigenvalue weighted by Crippen LogP contribution is 2.26. The standard InChI is InChI=1S/C27H23ClN2O4/c28-25-24(22-14-8-3-9-15-22)30(18-23(31)34-19-21-12-6-2-7-13-21)27(32)26(29-25)33-17-16-20-10-4-1-5-11-20/h1-15H,16-19H2. The molecule has 0 spiro atoms. The molecule has 0 N–H and O–H groups in total. The van der Waals surface area contributed by atoms with Crippen molar-refractivity contribution in [1.82, 2.24) is 9.55 Å². The predicted octanol–water partition coefficient (Wildman–Crippen LogP) is 4.93. The zero-order chi connectivity index (χ0) is 23.8. The Labute approximate surface area is 202 Å². The molecule has 4 rings (SSSR count). The summed E-state index contributed by atoms with van der Waals surface area (Å²) in [6.07, 6.45) is 0.596. The lowest BCUT2D eigenvalue weighted by Gasteiger charge is -2.16. The number of benzene rings is 3. The second kappa shape index (κ2) is 11.3. The zero-order valence-corrected chi connectivity index (χ0v) is 19.1. The van der Waals surface area contributed by atoms with Crippen LogP contribution >= 0.6 is 11.6 Å². The van der Waals surface area contributed by atoms with Crippen LogP contribution in [0.4, 0.5) is 0 Å². The van der Waals surface area contributed by atoms with E-state index in [1.165, 1.54) is 4.57 Å². The highest BCUT2D eigenvalue weighted by molar-refractivity contribution is 6.31. The first kappa shape index (κ1) is 23.3. The van der Waals surface area contributed by atoms with Gasteiger partial charge in [-0.1, -0.05) is 103 Å². The molecular weight excluding hydrogens is 452 g/mol. The molecule has 34 heavy (non-hydrogen) atoms. The van der Waals surface area contributed by atoms with Crippen LogP contribution in [0, 0.1) is 0 Å². The van der Waals surface area contributed by atoms with E-state index in [-0.39, 0.29) is 30.8 Å². The van der Waals surface area contributed by atoms with Gasteiger partial charge < -0.3 is 9.47 Å². The summed E-state index contributed by atoms with van der Waals surface area (Å²) >= 11 is 6.49. The van der Waals surface area contributed by atoms with E-state index < -0.39 is 11.5 Å². The van der Waals surface area contributed by atoms with Gasteiger partial charge in [0.1, 0.15) is 13.2 Å². The van der Waals surface area contributed by atoms with Crippen molar-refractivity contribution in [2.75, 3.05) is 6.61 Å². The van der Waals surface area contributed by atoms with Crippen LogP contribution in [0.5, 0.6) is 5.88 Å². The molecule has 0 radical (unpaired) electrons. The number of nitrogens with zero attached hydrogens (tertiary/aromatic N) is 2. The largest absolute Gasteiger partial charge is 0.473 e. The first-order valence-corrected chi connectivity index (χ1v) is 11.2. The summed E-state index contributed by atoms with van der Waals surface area (Å²) in [6.45, 7) is 0.0211. The number of halogens is 1. The van der Waals surface area contributed by atoms with Crippen LogP contribution in [0.15, 0.2) is 95.8 Å². The quantitative estimate of drug-likeness (QED) is 0.322. The summed E-state index contributed by atoms with van der Waals surface area (Å²) < 4.78 is 12.3. The van der Waals surface area contributed by atoms with Gasteiger partial charge in [0.25, 0.3) is 5.88 Å². The van der Waals surface area contributed by atoms with Crippen LogP contribution in [-0.2, 0) is 29.1 Å². The van der Waals surface area contributed by atoms with Crippen LogP contribution in [0.2, 0.25) is 5.15 Å². The molecule has 1 heterocycles. The number of aromatic nitrogens is 2. The maximum absolute atomic E-state index is 13.3. The molecule has 0 aliphatic heterocycles. The predicted molar refractivity (Wildman–Crippen MR) is 131 cm³/mol. The van der Waals surface area contributed by atoms with Crippen LogP contribution in [0.25, 0.3) is 11.3 Å². The third kappa shape index (κ3) is 5.91. The molecule has 0 atom stereocenters. The molecule has 0 bridgehead atoms. The van der Waals surface area contributed by atoms with Crippen molar-refractivity contribution in [2.24, 2.45) is 0 Å². The molecule has 0 fully saturated rings. The Hall–Kier alpha value is -3.90. The molecule has 3 aromatic carbocycles. The maximum atomic E-state index is 13.3. The van der Waals surface area contributed by atoms with Crippen LogP contribution in [0.1, 0.15) is 11.1 Å². The Morgan fingerprint density at radius 1 is 0.853 bits per heavy atom. The number of carbonyl (C=O) groups is 1. The molecule has 4 aromatic rings. The summed E-state index contributed by atoms with van der Waals surface area (Å²) in [5, 5.41) is 0.0661. The average molecular weight is 475 g/mol. The summed E-state index contributed by atoms with van der Waals surface area (Å²) in [7, 11) is 0. The molecule has 0 aliphatic rings. The molecule has 6 nitrogen and oxygen atoms in total. The van der Waals surface area contributed by atoms with Gasteiger partial charge in [0.2, 0.25) is 0 Å². The highest BCUT2D eigenvalue weighted by atomic mass is 35.5. The van der Waals surface area contributed by atoms with Gasteiger partial charge in [0.05, 0.1) is 12.3 Å². The number of carbonyl (C=O) groups excluding carboxylic acids is 1. The Morgan fingerprint density at radius 2 is 1.44 bits per heavy atom. The van der Waals surface area contributed by atoms with Crippen molar-refractivity contribution in [3.8, 4) is 17.1 Å². The second-order valence-electron chi connectivity index (χ2n) is 7.54. The number of rotatable bonds is 9. The highest BCUT2D eigenvalue weighted by Gasteiger charge is 2.20. The number of hydrogen-bond donors (Lipinski definition) is 0. The molecule has 0 unspecified atom stereocenters. The van der Waals surface area contributed by atoms with E-state index in [0.29, 0.717) is 17.7 Å². The lowest BCUT2D eigenvalue weighted by molar-refractivity contribution is -0.145. The van der Waals surface area contributed by atoms with E-state index in [1.807, 2.05) is 78.9 Å². The zero-order valence-electron chi connectivity index (χ0n) is 18.4. The maximum Gasteiger partial charge on any atom is 0.326 e. The second-order valence-corrected chi connectivity index (χ2v) is 7.90. The number of hydrogen-bond acceptors (Lipinski definition) is 5. The lowest BCUT2D eigenvalue weighted by atomic mass is 10.1. The summed E-state index contributed by atoms with van der Waals surface area (Å²) in [5.74, 6) is -0.725. The molecule has 172 valence electrons. The Kier molecular flexibility index (Phi) is 7.73. The summed E-state index contributed by atoms with van der Waals surface area (Å²) in [4.78, 5) is 30.1. The fraction of sp³-hybridized carbons (Fsp3) is 0.148. The molecular formula is C27H23ClN2O4. The Bertz CT molecular complexity index is 1290. The third-order valence-electron chi connectivity index (χ3n) is 5.14. The van der Waals surface area contributed by atoms with E-state index in [0.717, 1.165) is 11.1 Å². The van der Waals surface area contributed by atoms with E-state index in [9.17, 15) is 9.59 Å². The normalized spacial score (nSPS) is 10.6. The van der Waals surface area contributed by atoms with E-state index in [1.54, 1.807) is 12.1 Å². The monoisotopic (exact) mass is 474 g/mol. The molecule has 0 aliphatic carbocycles. The number of ether oxygens (including phenoxy) is 2. The van der Waals surface area contributed by atoms with Gasteiger partial charge >= 0.3 is 11.5 Å². The van der Waals surface area contributed by atoms with Gasteiger partial charge in [-0.2, -0.15) is 4.98 Å². The van der Waals surface area contributed by atoms with Crippen molar-refractivity contribution in [2.45, 2.75) is 19.6 Å². The molecule has 0 amide bonds. The minimum Gasteiger partial charge on any atom is -0.473 e. The summed E-state index contributed by atoms with van der Waals surface area (Å²) in [6, 6.07) is 28.2. The number of esters is 1. The van der Waals surface area contributed by atoms with Gasteiger partial charge in [0, 0.05) is 12.0 Å². The average Bonchev–Trinajstić information content (AvgIpc) is 2.87. The molecule has 0 saturated carbocycles. The van der Waals surface area contributed by atoms with Crippen molar-refractivity contribution >= 4 is 17.6 Å². The van der Waals surface area contributed by atoms with E-state index >= 15 is 0 Å². The fourth-order valence-electron chi connectivity index (χ4n) is 3.46. The van der Waals surface area contributed by atoms with Crippen molar-refractivity contribution in [3.63, 3.8) is 0 Å². The molecule has 0 saturated heterocycles. The minimum absolute atomic E-state index is 0.0661. The first-order chi connectivity index (χ1) is 16.6. The van der Waals surface area contributed by atoms with Crippen LogP contribution in [-0.4, -0.2) is 22.1 Å². The fourth-order valence-corrected chi connectivity index (χ4v) is 3.75.